The van der Waals surface area contributed by atoms with E-state index < -0.39 is 0 Å². The van der Waals surface area contributed by atoms with Crippen LogP contribution in [0.4, 0.5) is 0 Å². The number of hydrogen-bond donors (Lipinski definition) is 0. The second-order valence-electron chi connectivity index (χ2n) is 14.7. The van der Waals surface area contributed by atoms with E-state index in [0.717, 1.165) is 0 Å². The smallest absolute Gasteiger partial charge is 0.0531 e. The molecule has 0 fully saturated rings. The Balaban J connectivity index is 0.987. The van der Waals surface area contributed by atoms with Crippen molar-refractivity contribution >= 4 is 108 Å². The fraction of sp³-hybridized carbons (Fsp3) is 0. The van der Waals surface area contributed by atoms with Crippen LogP contribution in [-0.2, 0) is 0 Å². The second-order valence-corrected chi connectivity index (χ2v) is 18.0. The van der Waals surface area contributed by atoms with Crippen LogP contribution < -0.4 is 0 Å². The van der Waals surface area contributed by atoms with E-state index in [9.17, 15) is 0 Å². The molecule has 0 saturated heterocycles. The van der Waals surface area contributed by atoms with Gasteiger partial charge in [0.05, 0.1) is 0 Å². The Bertz CT molecular complexity index is 3570. The molecule has 0 aliphatic heterocycles. The van der Waals surface area contributed by atoms with Crippen LogP contribution >= 0.6 is 11.3 Å². The van der Waals surface area contributed by atoms with Crippen molar-refractivity contribution in [3.63, 3.8) is 0 Å². The molecule has 2 heteroatoms. The first-order chi connectivity index (χ1) is 26.8. The molecule has 54 heavy (non-hydrogen) atoms. The van der Waals surface area contributed by atoms with Gasteiger partial charge in [-0.15, -0.1) is 0 Å². The number of thiophene rings is 1. The number of hydrogen-bond acceptors (Lipinski definition) is 1. The van der Waals surface area contributed by atoms with E-state index in [1.54, 1.807) is 0 Å². The molecule has 1 aliphatic rings. The molecule has 10 aromatic carbocycles. The Morgan fingerprint density at radius 2 is 0.833 bits per heavy atom. The summed E-state index contributed by atoms with van der Waals surface area (Å²) in [6.45, 7) is 0. The summed E-state index contributed by atoms with van der Waals surface area (Å²) in [5.41, 5.74) is 10.5. The van der Waals surface area contributed by atoms with Crippen LogP contribution in [-0.4, -0.2) is 14.5 Å². The minimum Gasteiger partial charge on any atom is -0.0531 e. The van der Waals surface area contributed by atoms with Gasteiger partial charge in [-0.2, -0.15) is 0 Å². The van der Waals surface area contributed by atoms with Crippen LogP contribution in [0, 0.1) is 0 Å². The topological polar surface area (TPSA) is 0 Å². The predicted octanol–water partition coefficient (Wildman–Crippen LogP) is 15.0. The first kappa shape index (κ1) is 29.4. The van der Waals surface area contributed by atoms with Gasteiger partial charge in [-0.05, 0) is 50.2 Å². The summed E-state index contributed by atoms with van der Waals surface area (Å²) >= 11 is 2.18. The van der Waals surface area contributed by atoms with Gasteiger partial charge in [0.1, 0.15) is 0 Å². The molecule has 2 heterocycles. The first-order valence-electron chi connectivity index (χ1n) is 18.6. The molecular weight excluding hydrogens is 736 g/mol. The molecule has 0 atom stereocenters. The summed E-state index contributed by atoms with van der Waals surface area (Å²) in [4.78, 5) is 0. The van der Waals surface area contributed by atoms with E-state index in [1.807, 2.05) is 11.3 Å². The van der Waals surface area contributed by atoms with Crippen LogP contribution in [0.3, 0.4) is 0 Å². The van der Waals surface area contributed by atoms with Gasteiger partial charge in [0.25, 0.3) is 0 Å². The SMILES string of the molecule is c1ccc2c(c1)-c1cccc3c(-c4ccc5sc6ccc(-c7ccc8c(c7)c7ccccc7c7c8ccc8c9ccccc9[se]c87)cc6c5c4)ccc-2c13. The molecule has 0 radical (unpaired) electrons. The molecule has 0 bridgehead atoms. The number of rotatable bonds is 2. The van der Waals surface area contributed by atoms with E-state index >= 15 is 0 Å². The van der Waals surface area contributed by atoms with E-state index in [1.165, 1.54) is 127 Å². The first-order valence-corrected chi connectivity index (χ1v) is 21.1. The zero-order chi connectivity index (χ0) is 35.1. The average Bonchev–Trinajstić information content (AvgIpc) is 3.91. The van der Waals surface area contributed by atoms with Crippen molar-refractivity contribution in [2.75, 3.05) is 0 Å². The predicted molar refractivity (Wildman–Crippen MR) is 237 cm³/mol. The van der Waals surface area contributed by atoms with Crippen molar-refractivity contribution in [1.29, 1.82) is 0 Å². The van der Waals surface area contributed by atoms with Gasteiger partial charge in [-0.25, -0.2) is 0 Å². The van der Waals surface area contributed by atoms with Crippen molar-refractivity contribution < 1.29 is 0 Å². The molecule has 0 saturated carbocycles. The monoisotopic (exact) mass is 764 g/mol. The summed E-state index contributed by atoms with van der Waals surface area (Å²) < 4.78 is 5.68. The van der Waals surface area contributed by atoms with Crippen molar-refractivity contribution in [3.05, 3.63) is 170 Å². The molecule has 13 rings (SSSR count). The maximum absolute atomic E-state index is 2.44. The molecule has 248 valence electrons. The third kappa shape index (κ3) is 3.92. The third-order valence-electron chi connectivity index (χ3n) is 12.0. The zero-order valence-electron chi connectivity index (χ0n) is 29.0. The number of fused-ring (bicyclic) bond motifs is 16. The molecular formula is C52H28SSe. The van der Waals surface area contributed by atoms with Gasteiger partial charge in [-0.1, -0.05) is 60.7 Å². The van der Waals surface area contributed by atoms with Gasteiger partial charge < -0.3 is 0 Å². The van der Waals surface area contributed by atoms with E-state index in [2.05, 4.69) is 170 Å². The standard InChI is InChI=1S/C52H28SSe/c1-2-9-34-33(8-1)39-14-7-13-38-32(20-21-41(34)50(38)39)31-18-25-48-46(28-31)45-27-30(17-24-47(45)53-48)29-16-19-36-42-22-23-43-37-11-5-6-15-49(37)54-52(43)51(42)40-12-4-3-10-35(40)44(36)26-29/h1-28H. The molecule has 0 nitrogen and oxygen atoms in total. The third-order valence-corrected chi connectivity index (χ3v) is 15.7. The van der Waals surface area contributed by atoms with Gasteiger partial charge in [-0.3, -0.25) is 0 Å². The van der Waals surface area contributed by atoms with E-state index in [4.69, 9.17) is 0 Å². The fourth-order valence-electron chi connectivity index (χ4n) is 9.58. The minimum absolute atomic E-state index is 0.292. The minimum atomic E-state index is 0.292. The van der Waals surface area contributed by atoms with Gasteiger partial charge in [0, 0.05) is 0 Å². The normalized spacial score (nSPS) is 12.4. The van der Waals surface area contributed by atoms with Crippen LogP contribution in [0.25, 0.3) is 127 Å². The van der Waals surface area contributed by atoms with Gasteiger partial charge in [0.2, 0.25) is 0 Å². The van der Waals surface area contributed by atoms with Crippen molar-refractivity contribution in [2.45, 2.75) is 0 Å². The fourth-order valence-corrected chi connectivity index (χ4v) is 13.3. The number of benzene rings is 10. The van der Waals surface area contributed by atoms with E-state index in [0.29, 0.717) is 14.5 Å². The summed E-state index contributed by atoms with van der Waals surface area (Å²) in [6, 6.07) is 64.4. The maximum atomic E-state index is 2.44. The van der Waals surface area contributed by atoms with Crippen molar-refractivity contribution in [1.82, 2.24) is 0 Å². The van der Waals surface area contributed by atoms with Gasteiger partial charge in [0.15, 0.2) is 0 Å². The molecule has 1 aliphatic carbocycles. The zero-order valence-corrected chi connectivity index (χ0v) is 31.5. The molecule has 12 aromatic rings. The quantitative estimate of drug-likeness (QED) is 0.122. The summed E-state index contributed by atoms with van der Waals surface area (Å²) in [5, 5.41) is 16.3. The molecule has 2 aromatic heterocycles. The van der Waals surface area contributed by atoms with Crippen LogP contribution in [0.15, 0.2) is 170 Å². The Morgan fingerprint density at radius 1 is 0.296 bits per heavy atom. The Kier molecular flexibility index (Phi) is 5.88. The van der Waals surface area contributed by atoms with Crippen LogP contribution in [0.2, 0.25) is 0 Å². The van der Waals surface area contributed by atoms with Crippen molar-refractivity contribution in [3.8, 4) is 44.5 Å². The second kappa shape index (κ2) is 10.8. The summed E-state index contributed by atoms with van der Waals surface area (Å²) in [6.07, 6.45) is 0. The van der Waals surface area contributed by atoms with Crippen LogP contribution in [0.1, 0.15) is 0 Å². The van der Waals surface area contributed by atoms with Crippen molar-refractivity contribution in [2.24, 2.45) is 0 Å². The Morgan fingerprint density at radius 3 is 1.67 bits per heavy atom. The average molecular weight is 764 g/mol. The summed E-state index contributed by atoms with van der Waals surface area (Å²) in [5.74, 6) is 0. The van der Waals surface area contributed by atoms with E-state index in [-0.39, 0.29) is 0 Å². The molecule has 0 spiro atoms. The summed E-state index contributed by atoms with van der Waals surface area (Å²) in [7, 11) is 0. The molecule has 0 unspecified atom stereocenters. The Labute approximate surface area is 320 Å². The molecule has 0 amide bonds. The molecule has 0 N–H and O–H groups in total. The Hall–Kier alpha value is -6.02. The van der Waals surface area contributed by atoms with Crippen LogP contribution in [0.5, 0.6) is 0 Å². The van der Waals surface area contributed by atoms with Gasteiger partial charge >= 0.3 is 212 Å².